The number of allylic oxidation sites excluding steroid dienone is 1. The van der Waals surface area contributed by atoms with Crippen LogP contribution >= 0.6 is 0 Å². The SMILES string of the molecule is NC1C=CC(c2nc(-c3ccc(O)c(O)c3)no2)C1. The number of aromatic nitrogens is 2. The number of aromatic hydroxyl groups is 2. The first-order valence-corrected chi connectivity index (χ1v) is 5.93. The van der Waals surface area contributed by atoms with Crippen molar-refractivity contribution < 1.29 is 14.7 Å². The summed E-state index contributed by atoms with van der Waals surface area (Å²) in [6, 6.07) is 4.41. The van der Waals surface area contributed by atoms with Crippen LogP contribution in [0.3, 0.4) is 0 Å². The Morgan fingerprint density at radius 2 is 2.05 bits per heavy atom. The largest absolute Gasteiger partial charge is 0.504 e. The first-order valence-electron chi connectivity index (χ1n) is 5.93. The van der Waals surface area contributed by atoms with Gasteiger partial charge in [0, 0.05) is 11.6 Å². The molecule has 2 unspecified atom stereocenters. The summed E-state index contributed by atoms with van der Waals surface area (Å²) in [5, 5.41) is 22.6. The van der Waals surface area contributed by atoms with Gasteiger partial charge in [0.1, 0.15) is 0 Å². The van der Waals surface area contributed by atoms with Crippen LogP contribution in [0.25, 0.3) is 11.4 Å². The summed E-state index contributed by atoms with van der Waals surface area (Å²) in [5.41, 5.74) is 6.36. The van der Waals surface area contributed by atoms with E-state index >= 15 is 0 Å². The van der Waals surface area contributed by atoms with E-state index in [-0.39, 0.29) is 23.5 Å². The van der Waals surface area contributed by atoms with Crippen molar-refractivity contribution in [1.82, 2.24) is 10.1 Å². The lowest BCUT2D eigenvalue weighted by Gasteiger charge is -2.02. The molecule has 1 heterocycles. The van der Waals surface area contributed by atoms with Crippen molar-refractivity contribution in [1.29, 1.82) is 0 Å². The molecule has 98 valence electrons. The predicted molar refractivity (Wildman–Crippen MR) is 67.5 cm³/mol. The summed E-state index contributed by atoms with van der Waals surface area (Å²) in [5.74, 6) is 0.525. The van der Waals surface area contributed by atoms with E-state index in [2.05, 4.69) is 10.1 Å². The molecule has 1 aliphatic carbocycles. The zero-order valence-electron chi connectivity index (χ0n) is 10.0. The van der Waals surface area contributed by atoms with Crippen LogP contribution < -0.4 is 5.73 Å². The second-order valence-corrected chi connectivity index (χ2v) is 4.55. The minimum atomic E-state index is -0.216. The van der Waals surface area contributed by atoms with Gasteiger partial charge in [-0.25, -0.2) is 0 Å². The highest BCUT2D eigenvalue weighted by Gasteiger charge is 2.23. The summed E-state index contributed by atoms with van der Waals surface area (Å²) in [6.07, 6.45) is 4.62. The van der Waals surface area contributed by atoms with Crippen molar-refractivity contribution in [3.05, 3.63) is 36.2 Å². The number of benzene rings is 1. The summed E-state index contributed by atoms with van der Waals surface area (Å²) >= 11 is 0. The van der Waals surface area contributed by atoms with E-state index in [9.17, 15) is 10.2 Å². The second-order valence-electron chi connectivity index (χ2n) is 4.55. The maximum absolute atomic E-state index is 9.45. The van der Waals surface area contributed by atoms with Gasteiger partial charge in [-0.15, -0.1) is 0 Å². The number of rotatable bonds is 2. The third-order valence-corrected chi connectivity index (χ3v) is 3.11. The number of hydrogen-bond acceptors (Lipinski definition) is 6. The summed E-state index contributed by atoms with van der Waals surface area (Å²) < 4.78 is 5.21. The fourth-order valence-corrected chi connectivity index (χ4v) is 2.08. The van der Waals surface area contributed by atoms with Crippen molar-refractivity contribution in [3.8, 4) is 22.9 Å². The highest BCUT2D eigenvalue weighted by molar-refractivity contribution is 5.60. The van der Waals surface area contributed by atoms with Crippen LogP contribution in [0.5, 0.6) is 11.5 Å². The molecule has 2 aromatic rings. The van der Waals surface area contributed by atoms with Gasteiger partial charge in [0.05, 0.1) is 5.92 Å². The van der Waals surface area contributed by atoms with Crippen LogP contribution in [0.4, 0.5) is 0 Å². The number of nitrogens with zero attached hydrogens (tertiary/aromatic N) is 2. The molecule has 4 N–H and O–H groups in total. The van der Waals surface area contributed by atoms with E-state index in [4.69, 9.17) is 10.3 Å². The zero-order valence-corrected chi connectivity index (χ0v) is 10.0. The monoisotopic (exact) mass is 259 g/mol. The van der Waals surface area contributed by atoms with Crippen LogP contribution in [0, 0.1) is 0 Å². The van der Waals surface area contributed by atoms with Crippen LogP contribution in [0.2, 0.25) is 0 Å². The lowest BCUT2D eigenvalue weighted by Crippen LogP contribution is -2.14. The second kappa shape index (κ2) is 4.40. The van der Waals surface area contributed by atoms with Gasteiger partial charge < -0.3 is 20.5 Å². The molecule has 6 heteroatoms. The smallest absolute Gasteiger partial charge is 0.233 e. The van der Waals surface area contributed by atoms with Crippen molar-refractivity contribution >= 4 is 0 Å². The normalized spacial score (nSPS) is 21.9. The Morgan fingerprint density at radius 1 is 1.21 bits per heavy atom. The van der Waals surface area contributed by atoms with Crippen molar-refractivity contribution in [3.63, 3.8) is 0 Å². The maximum Gasteiger partial charge on any atom is 0.233 e. The molecule has 19 heavy (non-hydrogen) atoms. The highest BCUT2D eigenvalue weighted by atomic mass is 16.5. The molecule has 0 bridgehead atoms. The molecule has 1 aromatic heterocycles. The van der Waals surface area contributed by atoms with Crippen LogP contribution in [-0.2, 0) is 0 Å². The van der Waals surface area contributed by atoms with Crippen molar-refractivity contribution in [2.75, 3.05) is 0 Å². The minimum absolute atomic E-state index is 0.0260. The Bertz CT molecular complexity index is 636. The van der Waals surface area contributed by atoms with Gasteiger partial charge in [-0.2, -0.15) is 4.98 Å². The molecule has 0 spiro atoms. The molecule has 2 atom stereocenters. The fourth-order valence-electron chi connectivity index (χ4n) is 2.08. The van der Waals surface area contributed by atoms with E-state index in [0.717, 1.165) is 6.42 Å². The van der Waals surface area contributed by atoms with Gasteiger partial charge in [-0.3, -0.25) is 0 Å². The van der Waals surface area contributed by atoms with Crippen molar-refractivity contribution in [2.45, 2.75) is 18.4 Å². The van der Waals surface area contributed by atoms with E-state index in [1.54, 1.807) is 6.07 Å². The third-order valence-electron chi connectivity index (χ3n) is 3.11. The van der Waals surface area contributed by atoms with Gasteiger partial charge in [0.2, 0.25) is 11.7 Å². The molecule has 0 fully saturated rings. The quantitative estimate of drug-likeness (QED) is 0.557. The van der Waals surface area contributed by atoms with Gasteiger partial charge in [-0.1, -0.05) is 17.3 Å². The zero-order chi connectivity index (χ0) is 13.4. The first-order chi connectivity index (χ1) is 9.13. The number of nitrogens with two attached hydrogens (primary N) is 1. The highest BCUT2D eigenvalue weighted by Crippen LogP contribution is 2.31. The molecule has 1 aromatic carbocycles. The lowest BCUT2D eigenvalue weighted by molar-refractivity contribution is 0.364. The summed E-state index contributed by atoms with van der Waals surface area (Å²) in [7, 11) is 0. The minimum Gasteiger partial charge on any atom is -0.504 e. The Labute approximate surface area is 109 Å². The molecule has 0 saturated heterocycles. The molecule has 0 aliphatic heterocycles. The standard InChI is InChI=1S/C13H13N3O3/c14-9-3-1-8(5-9)13-15-12(16-19-13)7-2-4-10(17)11(18)6-7/h1-4,6,8-9,17-18H,5,14H2. The third kappa shape index (κ3) is 2.17. The van der Waals surface area contributed by atoms with E-state index in [1.165, 1.54) is 12.1 Å². The molecule has 0 saturated carbocycles. The molecule has 0 amide bonds. The van der Waals surface area contributed by atoms with E-state index in [0.29, 0.717) is 17.3 Å². The molecule has 6 nitrogen and oxygen atoms in total. The van der Waals surface area contributed by atoms with Crippen LogP contribution in [-0.4, -0.2) is 26.4 Å². The lowest BCUT2D eigenvalue weighted by atomic mass is 10.1. The van der Waals surface area contributed by atoms with E-state index in [1.807, 2.05) is 12.2 Å². The Balaban J connectivity index is 1.88. The number of phenolic OH excluding ortho intramolecular Hbond substituents is 2. The average molecular weight is 259 g/mol. The summed E-state index contributed by atoms with van der Waals surface area (Å²) in [4.78, 5) is 4.29. The molecule has 1 aliphatic rings. The molecule has 3 rings (SSSR count). The van der Waals surface area contributed by atoms with Gasteiger partial charge in [-0.05, 0) is 24.6 Å². The first kappa shape index (κ1) is 11.7. The average Bonchev–Trinajstić information content (AvgIpc) is 3.01. The molecular formula is C13H13N3O3. The van der Waals surface area contributed by atoms with Crippen LogP contribution in [0.15, 0.2) is 34.9 Å². The predicted octanol–water partition coefficient (Wildman–Crippen LogP) is 1.52. The van der Waals surface area contributed by atoms with E-state index < -0.39 is 0 Å². The van der Waals surface area contributed by atoms with Gasteiger partial charge in [0.15, 0.2) is 11.5 Å². The fraction of sp³-hybridized carbons (Fsp3) is 0.231. The van der Waals surface area contributed by atoms with Gasteiger partial charge >= 0.3 is 0 Å². The number of phenols is 2. The maximum atomic E-state index is 9.45. The van der Waals surface area contributed by atoms with Crippen molar-refractivity contribution in [2.24, 2.45) is 5.73 Å². The Hall–Kier alpha value is -2.34. The van der Waals surface area contributed by atoms with Gasteiger partial charge in [0.25, 0.3) is 0 Å². The Morgan fingerprint density at radius 3 is 2.74 bits per heavy atom. The topological polar surface area (TPSA) is 105 Å². The molecular weight excluding hydrogens is 246 g/mol. The Kier molecular flexibility index (Phi) is 2.72. The molecule has 0 radical (unpaired) electrons. The van der Waals surface area contributed by atoms with Crippen LogP contribution in [0.1, 0.15) is 18.2 Å². The summed E-state index contributed by atoms with van der Waals surface area (Å²) in [6.45, 7) is 0. The number of hydrogen-bond donors (Lipinski definition) is 3.